The molecule has 1 aromatic rings. The van der Waals surface area contributed by atoms with Gasteiger partial charge in [0.15, 0.2) is 0 Å². The number of likely N-dealkylation sites (tertiary alicyclic amines) is 1. The van der Waals surface area contributed by atoms with Gasteiger partial charge in [-0.25, -0.2) is 0 Å². The first-order valence-corrected chi connectivity index (χ1v) is 9.59. The molecule has 6 nitrogen and oxygen atoms in total. The largest absolute Gasteiger partial charge is 0.383 e. The van der Waals surface area contributed by atoms with E-state index in [2.05, 4.69) is 10.3 Å². The fraction of sp³-hybridized carbons (Fsp3) is 0.611. The Kier molecular flexibility index (Phi) is 4.81. The smallest absolute Gasteiger partial charge is 0.246 e. The van der Waals surface area contributed by atoms with E-state index >= 15 is 0 Å². The number of hydrogen-bond acceptors (Lipinski definition) is 5. The number of nitrogens with one attached hydrogen (secondary N) is 1. The summed E-state index contributed by atoms with van der Waals surface area (Å²) in [6.45, 7) is 6.61. The van der Waals surface area contributed by atoms with Crippen LogP contribution in [0.3, 0.4) is 0 Å². The molecule has 0 saturated carbocycles. The highest BCUT2D eigenvalue weighted by Gasteiger charge is 2.42. The number of carbonyl (C=O) groups is 2. The van der Waals surface area contributed by atoms with Gasteiger partial charge < -0.3 is 15.3 Å². The standard InChI is InChI=1S/C18H25N3O3S/c1-12-4-5-14(19-10-12)18(24)6-8-21(9-7-18)15(22)13-11-25-17(2,3)16(23)20-13/h4-5,10,13,24H,6-9,11H2,1-3H3,(H,20,23)/t13-/m0/s1. The van der Waals surface area contributed by atoms with Gasteiger partial charge in [-0.3, -0.25) is 14.6 Å². The number of nitrogens with zero attached hydrogens (tertiary/aromatic N) is 2. The number of amides is 2. The van der Waals surface area contributed by atoms with Crippen LogP contribution in [0.5, 0.6) is 0 Å². The fourth-order valence-electron chi connectivity index (χ4n) is 3.18. The predicted octanol–water partition coefficient (Wildman–Crippen LogP) is 1.21. The van der Waals surface area contributed by atoms with Gasteiger partial charge in [0.1, 0.15) is 11.6 Å². The maximum Gasteiger partial charge on any atom is 0.246 e. The third-order valence-corrected chi connectivity index (χ3v) is 6.46. The van der Waals surface area contributed by atoms with Gasteiger partial charge in [0, 0.05) is 25.0 Å². The summed E-state index contributed by atoms with van der Waals surface area (Å²) in [6, 6.07) is 3.32. The van der Waals surface area contributed by atoms with E-state index in [1.165, 1.54) is 11.8 Å². The zero-order valence-corrected chi connectivity index (χ0v) is 15.7. The second kappa shape index (κ2) is 6.61. The van der Waals surface area contributed by atoms with Gasteiger partial charge in [0.05, 0.1) is 10.4 Å². The van der Waals surface area contributed by atoms with Crippen LogP contribution in [-0.2, 0) is 15.2 Å². The van der Waals surface area contributed by atoms with E-state index < -0.39 is 16.4 Å². The van der Waals surface area contributed by atoms with Crippen molar-refractivity contribution in [3.05, 3.63) is 29.6 Å². The molecule has 0 aliphatic carbocycles. The molecule has 7 heteroatoms. The second-order valence-electron chi connectivity index (χ2n) is 7.43. The van der Waals surface area contributed by atoms with Crippen LogP contribution < -0.4 is 5.32 Å². The highest BCUT2D eigenvalue weighted by molar-refractivity contribution is 8.01. The van der Waals surface area contributed by atoms with E-state index in [1.54, 1.807) is 11.1 Å². The average Bonchev–Trinajstić information content (AvgIpc) is 2.58. The summed E-state index contributed by atoms with van der Waals surface area (Å²) in [6.07, 6.45) is 2.66. The SMILES string of the molecule is Cc1ccc(C2(O)CCN(C(=O)[C@@H]3CSC(C)(C)C(=O)N3)CC2)nc1. The van der Waals surface area contributed by atoms with Crippen LogP contribution in [0, 0.1) is 6.92 Å². The van der Waals surface area contributed by atoms with Crippen LogP contribution in [0.4, 0.5) is 0 Å². The van der Waals surface area contributed by atoms with Crippen LogP contribution in [0.1, 0.15) is 37.9 Å². The number of carbonyl (C=O) groups excluding carboxylic acids is 2. The van der Waals surface area contributed by atoms with Crippen molar-refractivity contribution in [3.8, 4) is 0 Å². The van der Waals surface area contributed by atoms with Crippen molar-refractivity contribution in [1.82, 2.24) is 15.2 Å². The van der Waals surface area contributed by atoms with Crippen molar-refractivity contribution in [2.24, 2.45) is 0 Å². The maximum absolute atomic E-state index is 12.7. The number of rotatable bonds is 2. The molecule has 2 saturated heterocycles. The molecule has 0 unspecified atom stereocenters. The van der Waals surface area contributed by atoms with Gasteiger partial charge in [-0.2, -0.15) is 0 Å². The normalized spacial score (nSPS) is 25.4. The lowest BCUT2D eigenvalue weighted by atomic mass is 9.87. The second-order valence-corrected chi connectivity index (χ2v) is 9.07. The fourth-order valence-corrected chi connectivity index (χ4v) is 4.18. The van der Waals surface area contributed by atoms with Gasteiger partial charge in [-0.05, 0) is 45.2 Å². The molecule has 2 amide bonds. The number of aliphatic hydroxyl groups is 1. The lowest BCUT2D eigenvalue weighted by molar-refractivity contribution is -0.140. The van der Waals surface area contributed by atoms with Crippen molar-refractivity contribution in [1.29, 1.82) is 0 Å². The molecule has 0 spiro atoms. The first-order chi connectivity index (χ1) is 11.7. The Morgan fingerprint density at radius 2 is 2.04 bits per heavy atom. The summed E-state index contributed by atoms with van der Waals surface area (Å²) in [5, 5.41) is 13.7. The van der Waals surface area contributed by atoms with E-state index in [0.29, 0.717) is 37.4 Å². The molecule has 2 fully saturated rings. The first-order valence-electron chi connectivity index (χ1n) is 8.60. The molecule has 0 radical (unpaired) electrons. The third-order valence-electron chi connectivity index (χ3n) is 5.05. The Hall–Kier alpha value is -1.60. The summed E-state index contributed by atoms with van der Waals surface area (Å²) in [5.74, 6) is 0.424. The highest BCUT2D eigenvalue weighted by Crippen LogP contribution is 2.33. The Morgan fingerprint density at radius 3 is 2.60 bits per heavy atom. The van der Waals surface area contributed by atoms with Crippen LogP contribution in [0.15, 0.2) is 18.3 Å². The van der Waals surface area contributed by atoms with Crippen molar-refractivity contribution < 1.29 is 14.7 Å². The number of hydrogen-bond donors (Lipinski definition) is 2. The first kappa shape index (κ1) is 18.2. The minimum absolute atomic E-state index is 0.0599. The summed E-state index contributed by atoms with van der Waals surface area (Å²) in [4.78, 5) is 30.9. The van der Waals surface area contributed by atoms with Gasteiger partial charge in [0.2, 0.25) is 11.8 Å². The zero-order chi connectivity index (χ0) is 18.2. The summed E-state index contributed by atoms with van der Waals surface area (Å²) < 4.78 is -0.490. The lowest BCUT2D eigenvalue weighted by Crippen LogP contribution is -2.59. The summed E-state index contributed by atoms with van der Waals surface area (Å²) in [7, 11) is 0. The number of thioether (sulfide) groups is 1. The Morgan fingerprint density at radius 1 is 1.36 bits per heavy atom. The van der Waals surface area contributed by atoms with E-state index in [4.69, 9.17) is 0 Å². The zero-order valence-electron chi connectivity index (χ0n) is 14.9. The van der Waals surface area contributed by atoms with Crippen molar-refractivity contribution >= 4 is 23.6 Å². The lowest BCUT2D eigenvalue weighted by Gasteiger charge is -2.40. The summed E-state index contributed by atoms with van der Waals surface area (Å²) >= 11 is 1.51. The molecule has 2 N–H and O–H groups in total. The van der Waals surface area contributed by atoms with Gasteiger partial charge in [-0.15, -0.1) is 11.8 Å². The molecular weight excluding hydrogens is 338 g/mol. The molecular formula is C18H25N3O3S. The molecule has 3 rings (SSSR count). The minimum atomic E-state index is -0.989. The van der Waals surface area contributed by atoms with Crippen LogP contribution in [0.2, 0.25) is 0 Å². The van der Waals surface area contributed by atoms with Crippen LogP contribution >= 0.6 is 11.8 Å². The topological polar surface area (TPSA) is 82.5 Å². The molecule has 1 aromatic heterocycles. The number of piperidine rings is 1. The van der Waals surface area contributed by atoms with E-state index in [9.17, 15) is 14.7 Å². The summed E-state index contributed by atoms with van der Waals surface area (Å²) in [5.41, 5.74) is 0.721. The van der Waals surface area contributed by atoms with Gasteiger partial charge in [0.25, 0.3) is 0 Å². The Balaban J connectivity index is 1.61. The van der Waals surface area contributed by atoms with E-state index in [1.807, 2.05) is 32.9 Å². The highest BCUT2D eigenvalue weighted by atomic mass is 32.2. The Labute approximate surface area is 152 Å². The van der Waals surface area contributed by atoms with E-state index in [-0.39, 0.29) is 11.8 Å². The Bertz CT molecular complexity index is 667. The minimum Gasteiger partial charge on any atom is -0.383 e. The molecule has 1 atom stereocenters. The van der Waals surface area contributed by atoms with Crippen molar-refractivity contribution in [2.45, 2.75) is 50.0 Å². The quantitative estimate of drug-likeness (QED) is 0.825. The van der Waals surface area contributed by atoms with Crippen LogP contribution in [-0.4, -0.2) is 56.4 Å². The van der Waals surface area contributed by atoms with Gasteiger partial charge >= 0.3 is 0 Å². The molecule has 136 valence electrons. The molecule has 2 aliphatic heterocycles. The monoisotopic (exact) mass is 363 g/mol. The van der Waals surface area contributed by atoms with E-state index in [0.717, 1.165) is 5.56 Å². The predicted molar refractivity (Wildman–Crippen MR) is 97.2 cm³/mol. The molecule has 3 heterocycles. The molecule has 0 aromatic carbocycles. The van der Waals surface area contributed by atoms with Crippen LogP contribution in [0.25, 0.3) is 0 Å². The van der Waals surface area contributed by atoms with Crippen molar-refractivity contribution in [3.63, 3.8) is 0 Å². The van der Waals surface area contributed by atoms with Gasteiger partial charge in [-0.1, -0.05) is 6.07 Å². The molecule has 0 bridgehead atoms. The maximum atomic E-state index is 12.7. The molecule has 2 aliphatic rings. The molecule has 25 heavy (non-hydrogen) atoms. The number of aryl methyl sites for hydroxylation is 1. The number of aromatic nitrogens is 1. The average molecular weight is 363 g/mol. The third kappa shape index (κ3) is 3.67. The van der Waals surface area contributed by atoms with Crippen molar-refractivity contribution in [2.75, 3.05) is 18.8 Å². The number of pyridine rings is 1.